The molecule has 2 aromatic rings. The van der Waals surface area contributed by atoms with E-state index in [4.69, 9.17) is 18.9 Å². The molecule has 0 radical (unpaired) electrons. The number of benzene rings is 2. The Labute approximate surface area is 224 Å². The quantitative estimate of drug-likeness (QED) is 0.392. The molecular weight excluding hydrogens is 488 g/mol. The number of rotatable bonds is 12. The molecule has 38 heavy (non-hydrogen) atoms. The number of nitrogens with zero attached hydrogens (tertiary/aromatic N) is 1. The number of carboxylic acid groups (broad SMARTS) is 1. The maximum Gasteiger partial charge on any atom is 0.329 e. The van der Waals surface area contributed by atoms with Crippen molar-refractivity contribution in [3.63, 3.8) is 0 Å². The van der Waals surface area contributed by atoms with Crippen molar-refractivity contribution in [2.75, 3.05) is 40.6 Å². The first-order valence-corrected chi connectivity index (χ1v) is 13.2. The molecule has 1 aliphatic heterocycles. The van der Waals surface area contributed by atoms with Gasteiger partial charge in [0.1, 0.15) is 17.0 Å². The van der Waals surface area contributed by atoms with Gasteiger partial charge in [0.05, 0.1) is 33.5 Å². The maximum absolute atomic E-state index is 13.7. The molecule has 9 heteroatoms. The van der Waals surface area contributed by atoms with Gasteiger partial charge < -0.3 is 34.3 Å². The van der Waals surface area contributed by atoms with Crippen LogP contribution >= 0.6 is 0 Å². The minimum atomic E-state index is -1.37. The molecule has 2 N–H and O–H groups in total. The standard InChI is InChI=1S/C29H38N2O7/c1-20(23-17-24(35-2)26(22-9-10-22)25(18-23)36-3)31(13-16-38-19-21-7-5-4-6-8-21)28(34)30-29(27(32)33)11-14-37-15-12-29/h4-8,17-18,20,22H,9-16,19H2,1-3H3,(H,30,34)(H,32,33). The molecular formula is C29H38N2O7. The Bertz CT molecular complexity index is 1070. The predicted molar refractivity (Wildman–Crippen MR) is 142 cm³/mol. The van der Waals surface area contributed by atoms with Crippen molar-refractivity contribution in [3.8, 4) is 11.5 Å². The molecule has 1 saturated heterocycles. The monoisotopic (exact) mass is 526 g/mol. The molecule has 4 rings (SSSR count). The van der Waals surface area contributed by atoms with Crippen LogP contribution in [0.5, 0.6) is 11.5 Å². The highest BCUT2D eigenvalue weighted by molar-refractivity contribution is 5.86. The Morgan fingerprint density at radius 1 is 1.11 bits per heavy atom. The van der Waals surface area contributed by atoms with Gasteiger partial charge in [-0.25, -0.2) is 9.59 Å². The first kappa shape index (κ1) is 27.7. The zero-order valence-corrected chi connectivity index (χ0v) is 22.4. The molecule has 1 saturated carbocycles. The second-order valence-corrected chi connectivity index (χ2v) is 9.95. The summed E-state index contributed by atoms with van der Waals surface area (Å²) >= 11 is 0. The van der Waals surface area contributed by atoms with Gasteiger partial charge >= 0.3 is 12.0 Å². The van der Waals surface area contributed by atoms with Crippen LogP contribution in [0.25, 0.3) is 0 Å². The van der Waals surface area contributed by atoms with E-state index in [0.29, 0.717) is 12.5 Å². The molecule has 1 heterocycles. The zero-order valence-electron chi connectivity index (χ0n) is 22.4. The Balaban J connectivity index is 1.57. The van der Waals surface area contributed by atoms with E-state index < -0.39 is 23.6 Å². The fourth-order valence-electron chi connectivity index (χ4n) is 4.94. The molecule has 0 spiro atoms. The van der Waals surface area contributed by atoms with Gasteiger partial charge in [-0.3, -0.25) is 0 Å². The summed E-state index contributed by atoms with van der Waals surface area (Å²) in [4.78, 5) is 27.5. The van der Waals surface area contributed by atoms with Crippen LogP contribution in [0.3, 0.4) is 0 Å². The molecule has 2 fully saturated rings. The van der Waals surface area contributed by atoms with Crippen LogP contribution in [-0.4, -0.2) is 68.1 Å². The minimum Gasteiger partial charge on any atom is -0.496 e. The lowest BCUT2D eigenvalue weighted by atomic mass is 9.90. The van der Waals surface area contributed by atoms with Crippen molar-refractivity contribution in [2.24, 2.45) is 0 Å². The number of carbonyl (C=O) groups is 2. The molecule has 1 atom stereocenters. The number of ether oxygens (including phenoxy) is 4. The van der Waals surface area contributed by atoms with Crippen LogP contribution in [0.2, 0.25) is 0 Å². The largest absolute Gasteiger partial charge is 0.496 e. The third kappa shape index (κ3) is 6.39. The maximum atomic E-state index is 13.7. The minimum absolute atomic E-state index is 0.207. The number of nitrogens with one attached hydrogen (secondary N) is 1. The number of carbonyl (C=O) groups excluding carboxylic acids is 1. The average Bonchev–Trinajstić information content (AvgIpc) is 3.78. The van der Waals surface area contributed by atoms with Crippen molar-refractivity contribution < 1.29 is 33.6 Å². The molecule has 2 aliphatic rings. The summed E-state index contributed by atoms with van der Waals surface area (Å²) in [6, 6.07) is 12.8. The lowest BCUT2D eigenvalue weighted by Gasteiger charge is -2.38. The van der Waals surface area contributed by atoms with E-state index in [0.717, 1.165) is 41.0 Å². The highest BCUT2D eigenvalue weighted by Gasteiger charge is 2.43. The average molecular weight is 527 g/mol. The topological polar surface area (TPSA) is 107 Å². The Hall–Kier alpha value is -3.30. The van der Waals surface area contributed by atoms with Crippen LogP contribution in [0.15, 0.2) is 42.5 Å². The van der Waals surface area contributed by atoms with Gasteiger partial charge in [0.25, 0.3) is 0 Å². The molecule has 0 bridgehead atoms. The Morgan fingerprint density at radius 3 is 2.29 bits per heavy atom. The van der Waals surface area contributed by atoms with Gasteiger partial charge in [0.15, 0.2) is 0 Å². The summed E-state index contributed by atoms with van der Waals surface area (Å²) in [7, 11) is 3.28. The molecule has 2 amide bonds. The van der Waals surface area contributed by atoms with Crippen molar-refractivity contribution in [1.82, 2.24) is 10.2 Å². The van der Waals surface area contributed by atoms with Crippen LogP contribution in [0.4, 0.5) is 4.79 Å². The van der Waals surface area contributed by atoms with Crippen molar-refractivity contribution in [1.29, 1.82) is 0 Å². The van der Waals surface area contributed by atoms with Gasteiger partial charge in [-0.2, -0.15) is 0 Å². The summed E-state index contributed by atoms with van der Waals surface area (Å²) < 4.78 is 22.7. The number of aliphatic carboxylic acids is 1. The highest BCUT2D eigenvalue weighted by Crippen LogP contribution is 2.49. The molecule has 206 valence electrons. The van der Waals surface area contributed by atoms with Gasteiger partial charge in [-0.15, -0.1) is 0 Å². The van der Waals surface area contributed by atoms with Gasteiger partial charge in [-0.1, -0.05) is 30.3 Å². The second-order valence-electron chi connectivity index (χ2n) is 9.95. The first-order valence-electron chi connectivity index (χ1n) is 13.2. The van der Waals surface area contributed by atoms with E-state index in [1.54, 1.807) is 19.1 Å². The SMILES string of the molecule is COc1cc(C(C)N(CCOCc2ccccc2)C(=O)NC2(C(=O)O)CCOCC2)cc(OC)c1C1CC1. The van der Waals surface area contributed by atoms with Crippen LogP contribution in [-0.2, 0) is 20.9 Å². The molecule has 0 aromatic heterocycles. The third-order valence-corrected chi connectivity index (χ3v) is 7.45. The van der Waals surface area contributed by atoms with E-state index in [1.807, 2.05) is 49.4 Å². The Morgan fingerprint density at radius 2 is 1.74 bits per heavy atom. The fraction of sp³-hybridized carbons (Fsp3) is 0.517. The number of hydrogen-bond donors (Lipinski definition) is 2. The number of carboxylic acids is 1. The predicted octanol–water partition coefficient (Wildman–Crippen LogP) is 4.50. The van der Waals surface area contributed by atoms with Crippen molar-refractivity contribution in [3.05, 3.63) is 59.2 Å². The number of amides is 2. The number of urea groups is 1. The van der Waals surface area contributed by atoms with Crippen molar-refractivity contribution in [2.45, 2.75) is 56.7 Å². The van der Waals surface area contributed by atoms with E-state index in [2.05, 4.69) is 5.32 Å². The van der Waals surface area contributed by atoms with Crippen LogP contribution < -0.4 is 14.8 Å². The zero-order chi connectivity index (χ0) is 27.1. The third-order valence-electron chi connectivity index (χ3n) is 7.45. The van der Waals surface area contributed by atoms with E-state index >= 15 is 0 Å². The smallest absolute Gasteiger partial charge is 0.329 e. The van der Waals surface area contributed by atoms with Crippen LogP contribution in [0, 0.1) is 0 Å². The first-order chi connectivity index (χ1) is 18.4. The highest BCUT2D eigenvalue weighted by atomic mass is 16.5. The summed E-state index contributed by atoms with van der Waals surface area (Å²) in [6.45, 7) is 3.43. The fourth-order valence-corrected chi connectivity index (χ4v) is 4.94. The second kappa shape index (κ2) is 12.5. The molecule has 1 aliphatic carbocycles. The van der Waals surface area contributed by atoms with Gasteiger partial charge in [0.2, 0.25) is 0 Å². The lowest BCUT2D eigenvalue weighted by Crippen LogP contribution is -2.60. The van der Waals surface area contributed by atoms with E-state index in [-0.39, 0.29) is 39.2 Å². The van der Waals surface area contributed by atoms with Gasteiger partial charge in [0, 0.05) is 38.2 Å². The van der Waals surface area contributed by atoms with E-state index in [1.165, 1.54) is 0 Å². The Kier molecular flexibility index (Phi) is 9.12. The molecule has 9 nitrogen and oxygen atoms in total. The number of methoxy groups -OCH3 is 2. The van der Waals surface area contributed by atoms with Gasteiger partial charge in [-0.05, 0) is 48.9 Å². The number of hydrogen-bond acceptors (Lipinski definition) is 6. The summed E-state index contributed by atoms with van der Waals surface area (Å²) in [5.74, 6) is 0.833. The van der Waals surface area contributed by atoms with Crippen molar-refractivity contribution >= 4 is 12.0 Å². The summed E-state index contributed by atoms with van der Waals surface area (Å²) in [5.41, 5.74) is 1.55. The molecule has 1 unspecified atom stereocenters. The lowest BCUT2D eigenvalue weighted by molar-refractivity contribution is -0.148. The normalized spacial score (nSPS) is 17.3. The van der Waals surface area contributed by atoms with E-state index in [9.17, 15) is 14.7 Å². The molecule has 2 aromatic carbocycles. The summed E-state index contributed by atoms with van der Waals surface area (Å²) in [5, 5.41) is 12.8. The summed E-state index contributed by atoms with van der Waals surface area (Å²) in [6.07, 6.45) is 2.60. The van der Waals surface area contributed by atoms with Crippen LogP contribution in [0.1, 0.15) is 61.3 Å².